The maximum absolute atomic E-state index is 6.95. The van der Waals surface area contributed by atoms with Gasteiger partial charge in [0.15, 0.2) is 0 Å². The van der Waals surface area contributed by atoms with Crippen LogP contribution in [0.2, 0.25) is 0 Å². The fourth-order valence-electron chi connectivity index (χ4n) is 8.84. The molecule has 0 aliphatic rings. The van der Waals surface area contributed by atoms with Crippen molar-refractivity contribution in [2.45, 2.75) is 0 Å². The van der Waals surface area contributed by atoms with Crippen LogP contribution in [0.4, 0.5) is 0 Å². The Morgan fingerprint density at radius 3 is 1.06 bits per heavy atom. The number of benzene rings is 7. The molecule has 7 aromatic carbocycles. The van der Waals surface area contributed by atoms with Gasteiger partial charge in [-0.1, -0.05) is 85.0 Å². The van der Waals surface area contributed by atoms with Crippen LogP contribution in [0.1, 0.15) is 0 Å². The quantitative estimate of drug-likeness (QED) is 0.132. The Hall–Kier alpha value is -4.76. The van der Waals surface area contributed by atoms with Crippen molar-refractivity contribution in [3.05, 3.63) is 48.7 Å². The molecule has 0 bridgehead atoms. The molecule has 0 atom stereocenters. The minimum atomic E-state index is -0.0575. The zero-order valence-electron chi connectivity index (χ0n) is 33.9. The minimum absolute atomic E-state index is 0.0104. The van der Waals surface area contributed by atoms with Gasteiger partial charge in [0.1, 0.15) is 160 Å². The molecule has 0 fully saturated rings. The lowest BCUT2D eigenvalue weighted by atomic mass is 9.56. The maximum Gasteiger partial charge on any atom is 0.128 e. The van der Waals surface area contributed by atoms with Crippen LogP contribution in [0.5, 0.6) is 0 Å². The third-order valence-corrected chi connectivity index (χ3v) is 12.2. The van der Waals surface area contributed by atoms with E-state index < -0.39 is 0 Å². The zero-order chi connectivity index (χ0) is 46.3. The Kier molecular flexibility index (Phi) is 10.9. The third-order valence-electron chi connectivity index (χ3n) is 12.2. The molecule has 0 N–H and O–H groups in total. The SMILES string of the molecule is [B]c1c([B])c([B])c(-c2c3c([B])c([B])c([B])c([B])c3c(-c3ccc(-c4c([B])c([B])c5oc6c([B])c([B])c([B])c([B])c6c5c4-c4ccccn4)cc3)c3c([B])c([B])c([B])c([B])c23)c([B])c1[B]. The van der Waals surface area contributed by atoms with Gasteiger partial charge < -0.3 is 4.42 Å². The van der Waals surface area contributed by atoms with E-state index in [2.05, 4.69) is 0 Å². The van der Waals surface area contributed by atoms with Gasteiger partial charge in [-0.05, 0) is 67.1 Å². The number of hydrogen-bond donors (Lipinski definition) is 0. The van der Waals surface area contributed by atoms with Crippen LogP contribution in [-0.2, 0) is 0 Å². The third kappa shape index (κ3) is 6.03. The van der Waals surface area contributed by atoms with Gasteiger partial charge in [-0.25, -0.2) is 0 Å². The first-order valence-electron chi connectivity index (χ1n) is 19.2. The van der Waals surface area contributed by atoms with Gasteiger partial charge >= 0.3 is 0 Å². The van der Waals surface area contributed by atoms with Crippen molar-refractivity contribution in [3.63, 3.8) is 0 Å². The molecule has 9 rings (SSSR count). The summed E-state index contributed by atoms with van der Waals surface area (Å²) in [6.07, 6.45) is 1.63. The predicted octanol–water partition coefficient (Wildman–Crippen LogP) is -11.0. The van der Waals surface area contributed by atoms with Crippen molar-refractivity contribution in [1.29, 1.82) is 0 Å². The molecule has 248 valence electrons. The lowest BCUT2D eigenvalue weighted by Crippen LogP contribution is -2.55. The van der Waals surface area contributed by atoms with Crippen LogP contribution in [-0.4, -0.2) is 154 Å². The molecule has 0 saturated carbocycles. The second kappa shape index (κ2) is 15.7. The Morgan fingerprint density at radius 2 is 0.609 bits per heavy atom. The first kappa shape index (κ1) is 44.4. The fraction of sp³-hybridized carbons (Fsp3) is 0. The normalized spacial score (nSPS) is 11.7. The van der Waals surface area contributed by atoms with Gasteiger partial charge in [0.25, 0.3) is 0 Å². The maximum atomic E-state index is 6.95. The monoisotopic (exact) mass is 763 g/mol. The average Bonchev–Trinajstić information content (AvgIpc) is 3.70. The first-order valence-corrected chi connectivity index (χ1v) is 19.2. The van der Waals surface area contributed by atoms with Crippen LogP contribution in [0.15, 0.2) is 53.1 Å². The topological polar surface area (TPSA) is 26.0 Å². The molecular weight excluding hydrogens is 752 g/mol. The largest absolute Gasteiger partial charge is 0.457 e. The molecule has 0 saturated heterocycles. The summed E-state index contributed by atoms with van der Waals surface area (Å²) in [5.74, 6) is 0. The summed E-state index contributed by atoms with van der Waals surface area (Å²) in [5.41, 5.74) is 3.89. The van der Waals surface area contributed by atoms with Gasteiger partial charge in [0, 0.05) is 22.5 Å². The van der Waals surface area contributed by atoms with Crippen LogP contribution in [0.25, 0.3) is 88.1 Å². The number of aromatic nitrogens is 1. The Morgan fingerprint density at radius 1 is 0.266 bits per heavy atom. The molecular formula is C43H8B19NO. The summed E-state index contributed by atoms with van der Waals surface area (Å²) in [7, 11) is 126. The van der Waals surface area contributed by atoms with Crippen LogP contribution in [0, 0.1) is 0 Å². The highest BCUT2D eigenvalue weighted by Crippen LogP contribution is 2.42. The Labute approximate surface area is 396 Å². The van der Waals surface area contributed by atoms with E-state index in [9.17, 15) is 0 Å². The molecule has 2 aromatic heterocycles. The van der Waals surface area contributed by atoms with Gasteiger partial charge in [-0.3, -0.25) is 4.98 Å². The Bertz CT molecular complexity index is 3480. The van der Waals surface area contributed by atoms with Crippen LogP contribution >= 0.6 is 0 Å². The highest BCUT2D eigenvalue weighted by atomic mass is 16.3. The van der Waals surface area contributed by atoms with E-state index in [0.29, 0.717) is 44.3 Å². The predicted molar refractivity (Wildman–Crippen MR) is 291 cm³/mol. The van der Waals surface area contributed by atoms with E-state index in [4.69, 9.17) is 158 Å². The lowest BCUT2D eigenvalue weighted by Gasteiger charge is -2.31. The van der Waals surface area contributed by atoms with Crippen molar-refractivity contribution in [2.24, 2.45) is 0 Å². The molecule has 0 aliphatic carbocycles. The average molecular weight is 760 g/mol. The molecule has 21 heteroatoms. The molecule has 0 aliphatic heterocycles. The number of nitrogens with zero attached hydrogens (tertiary/aromatic N) is 1. The summed E-state index contributed by atoms with van der Waals surface area (Å²) in [6.45, 7) is 0. The van der Waals surface area contributed by atoms with E-state index >= 15 is 0 Å². The van der Waals surface area contributed by atoms with Crippen molar-refractivity contribution in [2.75, 3.05) is 0 Å². The lowest BCUT2D eigenvalue weighted by molar-refractivity contribution is 0.675. The molecule has 38 radical (unpaired) electrons. The highest BCUT2D eigenvalue weighted by molar-refractivity contribution is 6.74. The van der Waals surface area contributed by atoms with Crippen molar-refractivity contribution >= 4 is 296 Å². The standard InChI is InChI=1S/C43H8B19NO/c44-23-13(14(11-3-1-2-8-63-11)20-22-30(51)37(58)39(60)41(62)43(22)64-42(20)40(23)61)10-6-4-9(5-7-10)12-16-18(26(47)33(54)31(52)24(16)45)15(19-17(12)25(46)32(53)34(55)27(19)48)21-28(49)35(56)38(59)36(57)29(21)50/h1-8H. The molecule has 64 heavy (non-hydrogen) atoms. The number of furan rings is 1. The van der Waals surface area contributed by atoms with Crippen molar-refractivity contribution in [3.8, 4) is 44.6 Å². The summed E-state index contributed by atoms with van der Waals surface area (Å²) in [5, 5.41) is 1.82. The first-order chi connectivity index (χ1) is 30.2. The van der Waals surface area contributed by atoms with Gasteiger partial charge in [0.05, 0.1) is 5.69 Å². The van der Waals surface area contributed by atoms with E-state index in [0.717, 1.165) is 0 Å². The van der Waals surface area contributed by atoms with E-state index in [1.807, 2.05) is 6.07 Å². The molecule has 0 unspecified atom stereocenters. The number of fused-ring (bicyclic) bond motifs is 5. The van der Waals surface area contributed by atoms with Crippen LogP contribution in [0.3, 0.4) is 0 Å². The molecule has 2 heterocycles. The number of pyridine rings is 1. The van der Waals surface area contributed by atoms with Crippen molar-refractivity contribution < 1.29 is 4.42 Å². The fourth-order valence-corrected chi connectivity index (χ4v) is 8.84. The summed E-state index contributed by atoms with van der Waals surface area (Å²) in [6, 6.07) is 12.6. The molecule has 0 spiro atoms. The zero-order valence-corrected chi connectivity index (χ0v) is 33.9. The Balaban J connectivity index is 1.44. The smallest absolute Gasteiger partial charge is 0.128 e. The number of hydrogen-bond acceptors (Lipinski definition) is 2. The van der Waals surface area contributed by atoms with Gasteiger partial charge in [-0.15, -0.1) is 49.2 Å². The van der Waals surface area contributed by atoms with E-state index in [-0.39, 0.29) is 148 Å². The molecule has 0 amide bonds. The molecule has 2 nitrogen and oxygen atoms in total. The second-order valence-electron chi connectivity index (χ2n) is 15.5. The van der Waals surface area contributed by atoms with E-state index in [1.54, 1.807) is 42.6 Å². The summed E-state index contributed by atoms with van der Waals surface area (Å²) >= 11 is 0. The number of rotatable bonds is 4. The van der Waals surface area contributed by atoms with Crippen LogP contribution < -0.4 is 104 Å². The minimum Gasteiger partial charge on any atom is -0.457 e. The van der Waals surface area contributed by atoms with E-state index in [1.165, 1.54) is 0 Å². The van der Waals surface area contributed by atoms with Gasteiger partial charge in [0.2, 0.25) is 0 Å². The molecule has 9 aromatic rings. The summed E-state index contributed by atoms with van der Waals surface area (Å²) < 4.78 is 6.28. The second-order valence-corrected chi connectivity index (χ2v) is 15.5. The highest BCUT2D eigenvalue weighted by Gasteiger charge is 2.28. The summed E-state index contributed by atoms with van der Waals surface area (Å²) in [4.78, 5) is 4.69. The van der Waals surface area contributed by atoms with Crippen molar-refractivity contribution in [1.82, 2.24) is 4.98 Å². The van der Waals surface area contributed by atoms with Gasteiger partial charge in [-0.2, -0.15) is 0 Å².